The highest BCUT2D eigenvalue weighted by atomic mass is 15.4. The molecule has 2 rings (SSSR count). The van der Waals surface area contributed by atoms with Gasteiger partial charge in [0, 0.05) is 18.8 Å². The van der Waals surface area contributed by atoms with Crippen LogP contribution in [-0.2, 0) is 6.54 Å². The fourth-order valence-corrected chi connectivity index (χ4v) is 1.23. The van der Waals surface area contributed by atoms with Crippen LogP contribution >= 0.6 is 0 Å². The second-order valence-corrected chi connectivity index (χ2v) is 3.13. The first kappa shape index (κ1) is 10.1. The smallest absolute Gasteiger partial charge is 0.223 e. The number of anilines is 3. The number of nitrogens with two attached hydrogens (primary N) is 2. The van der Waals surface area contributed by atoms with Crippen LogP contribution in [0, 0.1) is 0 Å². The lowest BCUT2D eigenvalue weighted by Crippen LogP contribution is -2.13. The number of hydrogen-bond donors (Lipinski definition) is 3. The van der Waals surface area contributed by atoms with Gasteiger partial charge in [-0.3, -0.25) is 4.68 Å². The molecule has 16 heavy (non-hydrogen) atoms. The van der Waals surface area contributed by atoms with E-state index in [2.05, 4.69) is 25.6 Å². The van der Waals surface area contributed by atoms with E-state index in [4.69, 9.17) is 11.5 Å². The van der Waals surface area contributed by atoms with Crippen molar-refractivity contribution < 1.29 is 0 Å². The van der Waals surface area contributed by atoms with Crippen molar-refractivity contribution in [3.63, 3.8) is 0 Å². The molecule has 0 aliphatic rings. The summed E-state index contributed by atoms with van der Waals surface area (Å²) < 4.78 is 1.71. The Hall–Kier alpha value is -2.38. The van der Waals surface area contributed by atoms with E-state index < -0.39 is 0 Å². The van der Waals surface area contributed by atoms with E-state index >= 15 is 0 Å². The predicted molar refractivity (Wildman–Crippen MR) is 59.4 cm³/mol. The van der Waals surface area contributed by atoms with Gasteiger partial charge in [0.25, 0.3) is 0 Å². The van der Waals surface area contributed by atoms with Crippen LogP contribution in [0.2, 0.25) is 0 Å². The molecule has 0 radical (unpaired) electrons. The molecule has 0 aromatic carbocycles. The highest BCUT2D eigenvalue weighted by Crippen LogP contribution is 2.08. The van der Waals surface area contributed by atoms with E-state index in [1.165, 1.54) is 0 Å². The molecule has 0 spiro atoms. The third-order valence-electron chi connectivity index (χ3n) is 1.88. The van der Waals surface area contributed by atoms with Crippen molar-refractivity contribution in [3.05, 3.63) is 18.5 Å². The van der Waals surface area contributed by atoms with Gasteiger partial charge in [0.05, 0.1) is 12.7 Å². The Morgan fingerprint density at radius 2 is 2.19 bits per heavy atom. The molecule has 2 aromatic rings. The zero-order valence-corrected chi connectivity index (χ0v) is 8.54. The second kappa shape index (κ2) is 4.43. The maximum atomic E-state index is 5.53. The summed E-state index contributed by atoms with van der Waals surface area (Å²) in [6.45, 7) is 1.34. The number of hydrogen-bond acceptors (Lipinski definition) is 7. The summed E-state index contributed by atoms with van der Waals surface area (Å²) in [6, 6.07) is 1.62. The molecule has 5 N–H and O–H groups in total. The maximum absolute atomic E-state index is 5.53. The van der Waals surface area contributed by atoms with Crippen molar-refractivity contribution in [1.82, 2.24) is 25.0 Å². The Bertz CT molecular complexity index is 431. The maximum Gasteiger partial charge on any atom is 0.223 e. The molecule has 2 aromatic heterocycles. The van der Waals surface area contributed by atoms with Gasteiger partial charge in [-0.2, -0.15) is 9.97 Å². The van der Waals surface area contributed by atoms with Gasteiger partial charge in [0.1, 0.15) is 11.6 Å². The third kappa shape index (κ3) is 2.56. The van der Waals surface area contributed by atoms with E-state index in [-0.39, 0.29) is 5.95 Å². The molecule has 0 saturated heterocycles. The third-order valence-corrected chi connectivity index (χ3v) is 1.88. The zero-order chi connectivity index (χ0) is 11.4. The van der Waals surface area contributed by atoms with Crippen molar-refractivity contribution in [3.8, 4) is 0 Å². The van der Waals surface area contributed by atoms with Crippen molar-refractivity contribution in [2.24, 2.45) is 0 Å². The van der Waals surface area contributed by atoms with E-state index in [0.717, 1.165) is 0 Å². The molecular formula is C8H12N8. The van der Waals surface area contributed by atoms with Crippen LogP contribution in [0.15, 0.2) is 18.5 Å². The number of aromatic nitrogens is 5. The van der Waals surface area contributed by atoms with Gasteiger partial charge in [-0.25, -0.2) is 0 Å². The molecule has 0 bridgehead atoms. The van der Waals surface area contributed by atoms with Crippen LogP contribution in [0.5, 0.6) is 0 Å². The Morgan fingerprint density at radius 3 is 2.88 bits per heavy atom. The van der Waals surface area contributed by atoms with E-state index in [9.17, 15) is 0 Å². The van der Waals surface area contributed by atoms with Gasteiger partial charge >= 0.3 is 0 Å². The standard InChI is InChI=1S/C8H12N8/c9-6-5-7(14-8(10)13-6)11-1-3-16-4-2-12-15-16/h2,4-5H,1,3H2,(H5,9,10,11,13,14). The van der Waals surface area contributed by atoms with Crippen LogP contribution in [0.3, 0.4) is 0 Å². The van der Waals surface area contributed by atoms with Gasteiger partial charge in [0.2, 0.25) is 5.95 Å². The average Bonchev–Trinajstić information content (AvgIpc) is 2.69. The zero-order valence-electron chi connectivity index (χ0n) is 8.54. The normalized spacial score (nSPS) is 10.2. The van der Waals surface area contributed by atoms with Gasteiger partial charge in [-0.05, 0) is 0 Å². The average molecular weight is 220 g/mol. The monoisotopic (exact) mass is 220 g/mol. The highest BCUT2D eigenvalue weighted by Gasteiger charge is 1.99. The van der Waals surface area contributed by atoms with Crippen LogP contribution in [0.1, 0.15) is 0 Å². The number of nitrogens with one attached hydrogen (secondary N) is 1. The van der Waals surface area contributed by atoms with Gasteiger partial charge < -0.3 is 16.8 Å². The number of nitrogens with zero attached hydrogens (tertiary/aromatic N) is 5. The first-order chi connectivity index (χ1) is 7.74. The topological polar surface area (TPSA) is 121 Å². The summed E-state index contributed by atoms with van der Waals surface area (Å²) in [5.74, 6) is 1.10. The minimum atomic E-state index is 0.156. The van der Waals surface area contributed by atoms with E-state index in [1.807, 2.05) is 0 Å². The molecule has 0 fully saturated rings. The van der Waals surface area contributed by atoms with E-state index in [1.54, 1.807) is 23.1 Å². The van der Waals surface area contributed by atoms with Gasteiger partial charge in [0.15, 0.2) is 0 Å². The number of rotatable bonds is 4. The molecule has 2 heterocycles. The number of nitrogen functional groups attached to an aromatic ring is 2. The quantitative estimate of drug-likeness (QED) is 0.625. The first-order valence-corrected chi connectivity index (χ1v) is 4.72. The Labute approximate surface area is 91.7 Å². The van der Waals surface area contributed by atoms with Crippen LogP contribution in [0.25, 0.3) is 0 Å². The van der Waals surface area contributed by atoms with Gasteiger partial charge in [-0.15, -0.1) is 5.10 Å². The lowest BCUT2D eigenvalue weighted by atomic mass is 10.5. The first-order valence-electron chi connectivity index (χ1n) is 4.72. The molecule has 8 heteroatoms. The molecular weight excluding hydrogens is 208 g/mol. The molecule has 0 atom stereocenters. The molecule has 0 amide bonds. The van der Waals surface area contributed by atoms with Crippen molar-refractivity contribution in [1.29, 1.82) is 0 Å². The van der Waals surface area contributed by atoms with Crippen molar-refractivity contribution >= 4 is 17.6 Å². The van der Waals surface area contributed by atoms with Crippen LogP contribution in [0.4, 0.5) is 17.6 Å². The van der Waals surface area contributed by atoms with Crippen molar-refractivity contribution in [2.75, 3.05) is 23.3 Å². The molecule has 84 valence electrons. The van der Waals surface area contributed by atoms with Crippen LogP contribution < -0.4 is 16.8 Å². The summed E-state index contributed by atoms with van der Waals surface area (Å²) in [6.07, 6.45) is 3.41. The summed E-state index contributed by atoms with van der Waals surface area (Å²) in [7, 11) is 0. The molecule has 0 aliphatic heterocycles. The summed E-state index contributed by atoms with van der Waals surface area (Å²) in [4.78, 5) is 7.75. The van der Waals surface area contributed by atoms with E-state index in [0.29, 0.717) is 24.7 Å². The van der Waals surface area contributed by atoms with Gasteiger partial charge in [-0.1, -0.05) is 5.21 Å². The minimum Gasteiger partial charge on any atom is -0.383 e. The largest absolute Gasteiger partial charge is 0.383 e. The Balaban J connectivity index is 1.89. The lowest BCUT2D eigenvalue weighted by molar-refractivity contribution is 0.608. The molecule has 0 saturated carbocycles. The minimum absolute atomic E-state index is 0.156. The Kier molecular flexibility index (Phi) is 2.81. The fourth-order valence-electron chi connectivity index (χ4n) is 1.23. The SMILES string of the molecule is Nc1cc(NCCn2ccnn2)nc(N)n1. The van der Waals surface area contributed by atoms with Crippen molar-refractivity contribution in [2.45, 2.75) is 6.54 Å². The second-order valence-electron chi connectivity index (χ2n) is 3.13. The summed E-state index contributed by atoms with van der Waals surface area (Å²) in [5, 5.41) is 10.6. The predicted octanol–water partition coefficient (Wildman–Crippen LogP) is -0.655. The Morgan fingerprint density at radius 1 is 1.31 bits per heavy atom. The van der Waals surface area contributed by atoms with Crippen LogP contribution in [-0.4, -0.2) is 31.5 Å². The molecule has 8 nitrogen and oxygen atoms in total. The molecule has 0 unspecified atom stereocenters. The lowest BCUT2D eigenvalue weighted by Gasteiger charge is -2.06. The highest BCUT2D eigenvalue weighted by molar-refractivity contribution is 5.48. The fraction of sp³-hybridized carbons (Fsp3) is 0.250. The summed E-state index contributed by atoms with van der Waals surface area (Å²) in [5.41, 5.74) is 11.0. The molecule has 0 aliphatic carbocycles. The summed E-state index contributed by atoms with van der Waals surface area (Å²) >= 11 is 0.